The minimum Gasteiger partial charge on any atom is -0.468 e. The zero-order valence-corrected chi connectivity index (χ0v) is 10.6. The van der Waals surface area contributed by atoms with Crippen molar-refractivity contribution in [3.8, 4) is 0 Å². The van der Waals surface area contributed by atoms with E-state index >= 15 is 0 Å². The smallest absolute Gasteiger partial charge is 0.322 e. The third-order valence-electron chi connectivity index (χ3n) is 3.20. The first kappa shape index (κ1) is 12.7. The fraction of sp³-hybridized carbons (Fsp3) is 0.538. The standard InChI is InChI=1S/C13H15NO4/c1-13(2)5-9-7(10(15)6-13)4-8(11(16)14-9)12(17)18-3/h4,8H,5-6H2,1-3H3. The molecule has 0 aromatic rings. The van der Waals surface area contributed by atoms with E-state index in [1.165, 1.54) is 13.2 Å². The summed E-state index contributed by atoms with van der Waals surface area (Å²) < 4.78 is 4.53. The van der Waals surface area contributed by atoms with Crippen molar-refractivity contribution in [2.45, 2.75) is 26.7 Å². The number of aliphatic imine (C=N–C) groups is 1. The van der Waals surface area contributed by atoms with Crippen LogP contribution in [0.2, 0.25) is 0 Å². The van der Waals surface area contributed by atoms with Gasteiger partial charge in [0.25, 0.3) is 5.91 Å². The van der Waals surface area contributed by atoms with Crippen LogP contribution in [0.3, 0.4) is 0 Å². The van der Waals surface area contributed by atoms with Gasteiger partial charge in [-0.3, -0.25) is 14.4 Å². The lowest BCUT2D eigenvalue weighted by Crippen LogP contribution is -2.37. The summed E-state index contributed by atoms with van der Waals surface area (Å²) in [4.78, 5) is 39.0. The number of methoxy groups -OCH3 is 1. The number of nitrogens with zero attached hydrogens (tertiary/aromatic N) is 1. The molecule has 1 aliphatic carbocycles. The number of ketones is 1. The maximum absolute atomic E-state index is 12.0. The quantitative estimate of drug-likeness (QED) is 0.514. The maximum atomic E-state index is 12.0. The molecule has 0 bridgehead atoms. The molecule has 18 heavy (non-hydrogen) atoms. The number of hydrogen-bond acceptors (Lipinski definition) is 4. The number of amides is 1. The van der Waals surface area contributed by atoms with Crippen LogP contribution in [0.25, 0.3) is 0 Å². The first-order chi connectivity index (χ1) is 8.34. The van der Waals surface area contributed by atoms with Crippen LogP contribution in [0, 0.1) is 11.3 Å². The number of esters is 1. The Balaban J connectivity index is 2.37. The summed E-state index contributed by atoms with van der Waals surface area (Å²) in [7, 11) is 1.21. The molecule has 1 amide bonds. The highest BCUT2D eigenvalue weighted by molar-refractivity contribution is 6.29. The molecule has 0 N–H and O–H groups in total. The zero-order valence-electron chi connectivity index (χ0n) is 10.6. The predicted octanol–water partition coefficient (Wildman–Crippen LogP) is 1.07. The molecule has 5 heteroatoms. The first-order valence-electron chi connectivity index (χ1n) is 5.79. The Kier molecular flexibility index (Phi) is 2.92. The number of fused-ring (bicyclic) bond motifs is 1. The second-order valence-corrected chi connectivity index (χ2v) is 5.42. The van der Waals surface area contributed by atoms with Crippen LogP contribution in [0.1, 0.15) is 26.7 Å². The van der Waals surface area contributed by atoms with Gasteiger partial charge in [0.2, 0.25) is 0 Å². The van der Waals surface area contributed by atoms with Gasteiger partial charge in [-0.05, 0) is 17.9 Å². The molecular weight excluding hydrogens is 234 g/mol. The Morgan fingerprint density at radius 2 is 2.06 bits per heavy atom. The van der Waals surface area contributed by atoms with E-state index in [-0.39, 0.29) is 11.2 Å². The predicted molar refractivity (Wildman–Crippen MR) is 64.1 cm³/mol. The van der Waals surface area contributed by atoms with Crippen LogP contribution in [-0.4, -0.2) is 30.5 Å². The first-order valence-corrected chi connectivity index (χ1v) is 5.79. The van der Waals surface area contributed by atoms with Gasteiger partial charge in [-0.25, -0.2) is 4.99 Å². The van der Waals surface area contributed by atoms with Crippen LogP contribution in [-0.2, 0) is 19.1 Å². The third kappa shape index (κ3) is 2.12. The van der Waals surface area contributed by atoms with Crippen molar-refractivity contribution >= 4 is 23.4 Å². The van der Waals surface area contributed by atoms with Gasteiger partial charge in [-0.1, -0.05) is 13.8 Å². The normalized spacial score (nSPS) is 26.1. The Morgan fingerprint density at radius 1 is 1.39 bits per heavy atom. The molecule has 0 saturated heterocycles. The summed E-state index contributed by atoms with van der Waals surface area (Å²) in [5.74, 6) is -2.36. The molecule has 1 fully saturated rings. The molecule has 1 unspecified atom stereocenters. The maximum Gasteiger partial charge on any atom is 0.322 e. The lowest BCUT2D eigenvalue weighted by Gasteiger charge is -2.32. The van der Waals surface area contributed by atoms with Crippen molar-refractivity contribution in [1.82, 2.24) is 0 Å². The number of carbonyl (C=O) groups excluding carboxylic acids is 3. The molecule has 1 saturated carbocycles. The van der Waals surface area contributed by atoms with Crippen LogP contribution < -0.4 is 0 Å². The van der Waals surface area contributed by atoms with Crippen LogP contribution in [0.4, 0.5) is 0 Å². The lowest BCUT2D eigenvalue weighted by atomic mass is 9.72. The topological polar surface area (TPSA) is 72.8 Å². The van der Waals surface area contributed by atoms with E-state index in [2.05, 4.69) is 9.73 Å². The van der Waals surface area contributed by atoms with E-state index in [0.29, 0.717) is 24.1 Å². The van der Waals surface area contributed by atoms with Crippen molar-refractivity contribution in [2.24, 2.45) is 16.3 Å². The summed E-state index contributed by atoms with van der Waals surface area (Å²) in [6.45, 7) is 3.92. The van der Waals surface area contributed by atoms with Gasteiger partial charge in [0, 0.05) is 12.0 Å². The van der Waals surface area contributed by atoms with Crippen molar-refractivity contribution in [1.29, 1.82) is 0 Å². The minimum absolute atomic E-state index is 0.0635. The van der Waals surface area contributed by atoms with E-state index in [1.54, 1.807) is 0 Å². The lowest BCUT2D eigenvalue weighted by molar-refractivity contribution is -0.147. The molecule has 2 aliphatic rings. The molecule has 1 atom stereocenters. The minimum atomic E-state index is -1.07. The highest BCUT2D eigenvalue weighted by Crippen LogP contribution is 2.36. The second-order valence-electron chi connectivity index (χ2n) is 5.42. The number of dihydropyridines is 1. The number of hydrogen-bond donors (Lipinski definition) is 0. The number of ether oxygens (including phenoxy) is 1. The number of carbonyl (C=O) groups is 3. The average molecular weight is 249 g/mol. The van der Waals surface area contributed by atoms with Gasteiger partial charge in [0.1, 0.15) is 0 Å². The van der Waals surface area contributed by atoms with E-state index in [1.807, 2.05) is 13.8 Å². The fourth-order valence-corrected chi connectivity index (χ4v) is 2.33. The van der Waals surface area contributed by atoms with Gasteiger partial charge in [0.15, 0.2) is 11.7 Å². The van der Waals surface area contributed by atoms with E-state index in [9.17, 15) is 14.4 Å². The van der Waals surface area contributed by atoms with Gasteiger partial charge in [-0.15, -0.1) is 0 Å². The number of rotatable bonds is 1. The SMILES string of the molecule is COC(=O)C1C=C2C(=O)CC(C)(C)CC2=NC1=O. The molecule has 2 rings (SSSR count). The highest BCUT2D eigenvalue weighted by atomic mass is 16.5. The Labute approximate surface area is 105 Å². The molecule has 96 valence electrons. The van der Waals surface area contributed by atoms with Crippen molar-refractivity contribution in [3.63, 3.8) is 0 Å². The fourth-order valence-electron chi connectivity index (χ4n) is 2.33. The Morgan fingerprint density at radius 3 is 2.67 bits per heavy atom. The van der Waals surface area contributed by atoms with Gasteiger partial charge < -0.3 is 4.74 Å². The van der Waals surface area contributed by atoms with E-state index < -0.39 is 17.8 Å². The van der Waals surface area contributed by atoms with Crippen LogP contribution in [0.15, 0.2) is 16.6 Å². The molecule has 5 nitrogen and oxygen atoms in total. The monoisotopic (exact) mass is 249 g/mol. The second kappa shape index (κ2) is 4.15. The van der Waals surface area contributed by atoms with Crippen molar-refractivity contribution in [3.05, 3.63) is 11.6 Å². The van der Waals surface area contributed by atoms with Crippen LogP contribution in [0.5, 0.6) is 0 Å². The van der Waals surface area contributed by atoms with Crippen molar-refractivity contribution < 1.29 is 19.1 Å². The molecule has 0 spiro atoms. The summed E-state index contributed by atoms with van der Waals surface area (Å²) in [5, 5.41) is 0. The molecule has 0 radical (unpaired) electrons. The number of Topliss-reactive ketones (excluding diaryl/α,β-unsaturated/α-hetero) is 1. The van der Waals surface area contributed by atoms with E-state index in [4.69, 9.17) is 0 Å². The third-order valence-corrected chi connectivity index (χ3v) is 3.20. The highest BCUT2D eigenvalue weighted by Gasteiger charge is 2.39. The van der Waals surface area contributed by atoms with Crippen LogP contribution >= 0.6 is 0 Å². The molecule has 1 aliphatic heterocycles. The molecular formula is C13H15NO4. The summed E-state index contributed by atoms with van der Waals surface area (Å²) in [5.41, 5.74) is 0.719. The Hall–Kier alpha value is -1.78. The van der Waals surface area contributed by atoms with Crippen molar-refractivity contribution in [2.75, 3.05) is 7.11 Å². The van der Waals surface area contributed by atoms with Gasteiger partial charge in [-0.2, -0.15) is 0 Å². The van der Waals surface area contributed by atoms with E-state index in [0.717, 1.165) is 0 Å². The average Bonchev–Trinajstić information content (AvgIpc) is 2.25. The summed E-state index contributed by atoms with van der Waals surface area (Å²) >= 11 is 0. The molecule has 0 aromatic carbocycles. The summed E-state index contributed by atoms with van der Waals surface area (Å²) in [6, 6.07) is 0. The zero-order chi connectivity index (χ0) is 13.5. The number of allylic oxidation sites excluding steroid dienone is 1. The molecule has 1 heterocycles. The summed E-state index contributed by atoms with van der Waals surface area (Å²) in [6.07, 6.45) is 2.37. The van der Waals surface area contributed by atoms with Gasteiger partial charge >= 0.3 is 5.97 Å². The molecule has 0 aromatic heterocycles. The Bertz CT molecular complexity index is 499. The largest absolute Gasteiger partial charge is 0.468 e. The van der Waals surface area contributed by atoms with Gasteiger partial charge in [0.05, 0.1) is 12.8 Å².